The molecule has 1 aromatic carbocycles. The molecule has 1 atom stereocenters. The number of benzene rings is 1. The van der Waals surface area contributed by atoms with Gasteiger partial charge >= 0.3 is 0 Å². The van der Waals surface area contributed by atoms with E-state index in [9.17, 15) is 0 Å². The molecular formula is C21H29N3S. The lowest BCUT2D eigenvalue weighted by Crippen LogP contribution is -2.54. The van der Waals surface area contributed by atoms with E-state index in [1.54, 1.807) is 0 Å². The Morgan fingerprint density at radius 2 is 1.92 bits per heavy atom. The van der Waals surface area contributed by atoms with Crippen LogP contribution >= 0.6 is 11.8 Å². The molecule has 0 aromatic heterocycles. The smallest absolute Gasteiger partial charge is 0.132 e. The highest BCUT2D eigenvalue weighted by molar-refractivity contribution is 8.03. The Hall–Kier alpha value is -1.23. The summed E-state index contributed by atoms with van der Waals surface area (Å²) >= 11 is 1.93. The summed E-state index contributed by atoms with van der Waals surface area (Å²) < 4.78 is 0. The highest BCUT2D eigenvalue weighted by Crippen LogP contribution is 2.36. The maximum Gasteiger partial charge on any atom is 0.132 e. The Morgan fingerprint density at radius 3 is 2.56 bits per heavy atom. The quantitative estimate of drug-likeness (QED) is 0.843. The van der Waals surface area contributed by atoms with Gasteiger partial charge in [0.25, 0.3) is 0 Å². The van der Waals surface area contributed by atoms with Crippen LogP contribution in [-0.2, 0) is 6.42 Å². The fraction of sp³-hybridized carbons (Fsp3) is 0.524. The molecule has 1 unspecified atom stereocenters. The van der Waals surface area contributed by atoms with Crippen LogP contribution in [0.1, 0.15) is 36.8 Å². The van der Waals surface area contributed by atoms with Gasteiger partial charge in [-0.05, 0) is 68.3 Å². The highest BCUT2D eigenvalue weighted by Gasteiger charge is 2.35. The van der Waals surface area contributed by atoms with Gasteiger partial charge in [-0.15, -0.1) is 0 Å². The second-order valence-corrected chi connectivity index (χ2v) is 8.87. The average molecular weight is 356 g/mol. The molecule has 0 radical (unpaired) electrons. The van der Waals surface area contributed by atoms with Crippen LogP contribution in [0, 0.1) is 5.92 Å². The van der Waals surface area contributed by atoms with Gasteiger partial charge in [-0.25, -0.2) is 0 Å². The minimum Gasteiger partial charge on any atom is -0.360 e. The minimum atomic E-state index is 0.409. The molecule has 0 spiro atoms. The van der Waals surface area contributed by atoms with E-state index >= 15 is 0 Å². The maximum atomic E-state index is 3.89. The zero-order chi connectivity index (χ0) is 17.2. The van der Waals surface area contributed by atoms with E-state index in [2.05, 4.69) is 53.3 Å². The second-order valence-electron chi connectivity index (χ2n) is 7.58. The number of nitrogens with zero attached hydrogens (tertiary/aromatic N) is 1. The SMILES string of the molecule is C=CC1=C(C)SC(N2CC(Cc3ccc(C4CCNCC4)cc3)C2)N1. The van der Waals surface area contributed by atoms with Crippen LogP contribution in [0.5, 0.6) is 0 Å². The van der Waals surface area contributed by atoms with Crippen molar-refractivity contribution in [1.29, 1.82) is 0 Å². The first-order chi connectivity index (χ1) is 12.2. The fourth-order valence-electron chi connectivity index (χ4n) is 4.21. The molecule has 4 heteroatoms. The number of rotatable bonds is 5. The molecule has 3 aliphatic rings. The summed E-state index contributed by atoms with van der Waals surface area (Å²) in [6, 6.07) is 9.48. The van der Waals surface area contributed by atoms with Crippen molar-refractivity contribution in [2.75, 3.05) is 26.2 Å². The normalized spacial score (nSPS) is 25.7. The standard InChI is InChI=1S/C21H29N3S/c1-3-20-15(2)25-21(23-20)24-13-17(14-24)12-16-4-6-18(7-5-16)19-8-10-22-11-9-19/h3-7,17,19,21-23H,1,8-14H2,2H3. The van der Waals surface area contributed by atoms with Gasteiger partial charge < -0.3 is 10.6 Å². The molecule has 4 rings (SSSR count). The Labute approximate surface area is 155 Å². The number of allylic oxidation sites excluding steroid dienone is 2. The molecule has 0 saturated carbocycles. The summed E-state index contributed by atoms with van der Waals surface area (Å²) in [5.41, 5.74) is 4.64. The summed E-state index contributed by atoms with van der Waals surface area (Å²) in [5, 5.41) is 7.02. The van der Waals surface area contributed by atoms with Gasteiger partial charge in [0.05, 0.1) is 0 Å². The maximum absolute atomic E-state index is 3.89. The minimum absolute atomic E-state index is 0.409. The fourth-order valence-corrected chi connectivity index (χ4v) is 5.32. The molecule has 25 heavy (non-hydrogen) atoms. The first-order valence-corrected chi connectivity index (χ1v) is 10.4. The lowest BCUT2D eigenvalue weighted by atomic mass is 9.88. The number of likely N-dealkylation sites (tertiary alicyclic amines) is 1. The highest BCUT2D eigenvalue weighted by atomic mass is 32.2. The monoisotopic (exact) mass is 355 g/mol. The van der Waals surface area contributed by atoms with E-state index in [1.807, 2.05) is 17.8 Å². The van der Waals surface area contributed by atoms with Crippen molar-refractivity contribution in [2.45, 2.75) is 37.6 Å². The van der Waals surface area contributed by atoms with Crippen LogP contribution in [0.15, 0.2) is 47.5 Å². The lowest BCUT2D eigenvalue weighted by Gasteiger charge is -2.43. The van der Waals surface area contributed by atoms with E-state index in [-0.39, 0.29) is 0 Å². The van der Waals surface area contributed by atoms with E-state index in [0.29, 0.717) is 5.50 Å². The van der Waals surface area contributed by atoms with Crippen LogP contribution in [0.2, 0.25) is 0 Å². The van der Waals surface area contributed by atoms with Crippen molar-refractivity contribution in [3.63, 3.8) is 0 Å². The molecule has 2 saturated heterocycles. The van der Waals surface area contributed by atoms with Crippen molar-refractivity contribution in [3.8, 4) is 0 Å². The molecule has 2 fully saturated rings. The van der Waals surface area contributed by atoms with Gasteiger partial charge in [0.2, 0.25) is 0 Å². The summed E-state index contributed by atoms with van der Waals surface area (Å²) in [6.45, 7) is 10.8. The molecule has 3 nitrogen and oxygen atoms in total. The van der Waals surface area contributed by atoms with E-state index in [4.69, 9.17) is 0 Å². The molecule has 0 amide bonds. The van der Waals surface area contributed by atoms with Crippen LogP contribution in [0.4, 0.5) is 0 Å². The predicted octanol–water partition coefficient (Wildman–Crippen LogP) is 3.67. The van der Waals surface area contributed by atoms with Crippen LogP contribution in [-0.4, -0.2) is 36.6 Å². The van der Waals surface area contributed by atoms with Crippen molar-refractivity contribution >= 4 is 11.8 Å². The van der Waals surface area contributed by atoms with Crippen LogP contribution in [0.25, 0.3) is 0 Å². The molecular weight excluding hydrogens is 326 g/mol. The van der Waals surface area contributed by atoms with Gasteiger partial charge in [-0.2, -0.15) is 0 Å². The second kappa shape index (κ2) is 7.56. The molecule has 0 bridgehead atoms. The zero-order valence-electron chi connectivity index (χ0n) is 15.1. The van der Waals surface area contributed by atoms with E-state index in [0.717, 1.165) is 11.8 Å². The van der Waals surface area contributed by atoms with E-state index in [1.165, 1.54) is 67.2 Å². The predicted molar refractivity (Wildman–Crippen MR) is 107 cm³/mol. The van der Waals surface area contributed by atoms with Gasteiger partial charge in [-0.3, -0.25) is 4.90 Å². The number of thioether (sulfide) groups is 1. The molecule has 2 N–H and O–H groups in total. The van der Waals surface area contributed by atoms with Gasteiger partial charge in [0, 0.05) is 23.7 Å². The number of hydrogen-bond donors (Lipinski definition) is 2. The van der Waals surface area contributed by atoms with Gasteiger partial charge in [-0.1, -0.05) is 42.6 Å². The van der Waals surface area contributed by atoms with Crippen molar-refractivity contribution in [1.82, 2.24) is 15.5 Å². The Bertz CT molecular complexity index is 640. The van der Waals surface area contributed by atoms with Gasteiger partial charge in [0.15, 0.2) is 0 Å². The number of hydrogen-bond acceptors (Lipinski definition) is 4. The molecule has 1 aromatic rings. The summed E-state index contributed by atoms with van der Waals surface area (Å²) in [6.07, 6.45) is 5.71. The van der Waals surface area contributed by atoms with Crippen molar-refractivity contribution in [3.05, 3.63) is 58.6 Å². The summed E-state index contributed by atoms with van der Waals surface area (Å²) in [4.78, 5) is 3.90. The number of piperidine rings is 1. The first-order valence-electron chi connectivity index (χ1n) is 9.53. The topological polar surface area (TPSA) is 27.3 Å². The van der Waals surface area contributed by atoms with Gasteiger partial charge in [0.1, 0.15) is 5.50 Å². The third kappa shape index (κ3) is 3.81. The van der Waals surface area contributed by atoms with Crippen molar-refractivity contribution in [2.24, 2.45) is 5.92 Å². The molecule has 3 aliphatic heterocycles. The molecule has 0 aliphatic carbocycles. The van der Waals surface area contributed by atoms with E-state index < -0.39 is 0 Å². The van der Waals surface area contributed by atoms with Crippen LogP contribution < -0.4 is 10.6 Å². The summed E-state index contributed by atoms with van der Waals surface area (Å²) in [5.74, 6) is 1.55. The third-order valence-corrected chi connectivity index (χ3v) is 7.00. The first kappa shape index (κ1) is 17.2. The van der Waals surface area contributed by atoms with Crippen molar-refractivity contribution < 1.29 is 0 Å². The zero-order valence-corrected chi connectivity index (χ0v) is 15.9. The van der Waals surface area contributed by atoms with Crippen LogP contribution in [0.3, 0.4) is 0 Å². The Kier molecular flexibility index (Phi) is 5.20. The molecule has 3 heterocycles. The largest absolute Gasteiger partial charge is 0.360 e. The summed E-state index contributed by atoms with van der Waals surface area (Å²) in [7, 11) is 0. The Morgan fingerprint density at radius 1 is 1.20 bits per heavy atom. The Balaban J connectivity index is 1.25. The molecule has 134 valence electrons. The lowest BCUT2D eigenvalue weighted by molar-refractivity contribution is 0.0814. The third-order valence-electron chi connectivity index (χ3n) is 5.78. The number of nitrogens with one attached hydrogen (secondary N) is 2. The average Bonchev–Trinajstić information content (AvgIpc) is 2.99.